The van der Waals surface area contributed by atoms with Crippen LogP contribution in [0.15, 0.2) is 71.6 Å². The number of rotatable bonds is 7. The highest BCUT2D eigenvalue weighted by atomic mass is 32.2. The van der Waals surface area contributed by atoms with Crippen molar-refractivity contribution in [2.75, 3.05) is 10.8 Å². The highest BCUT2D eigenvalue weighted by molar-refractivity contribution is 7.92. The van der Waals surface area contributed by atoms with Crippen LogP contribution < -0.4 is 9.62 Å². The highest BCUT2D eigenvalue weighted by Crippen LogP contribution is 2.28. The summed E-state index contributed by atoms with van der Waals surface area (Å²) in [6.07, 6.45) is 0. The molecule has 32 heavy (non-hydrogen) atoms. The number of hydrogen-bond donors (Lipinski definition) is 1. The predicted molar refractivity (Wildman–Crippen MR) is 125 cm³/mol. The van der Waals surface area contributed by atoms with Crippen molar-refractivity contribution in [1.29, 1.82) is 0 Å². The van der Waals surface area contributed by atoms with Gasteiger partial charge in [0, 0.05) is 0 Å². The second kappa shape index (κ2) is 9.53. The Morgan fingerprint density at radius 1 is 0.938 bits per heavy atom. The SMILES string of the molecule is Cc1ccc(S(=O)(=O)N(CC(=O)NC(C)c2ccc(F)cc2)c2cc(C)ccc2C)cc1. The van der Waals surface area contributed by atoms with Gasteiger partial charge >= 0.3 is 0 Å². The van der Waals surface area contributed by atoms with Gasteiger partial charge in [-0.25, -0.2) is 12.8 Å². The van der Waals surface area contributed by atoms with Crippen LogP contribution in [0.3, 0.4) is 0 Å². The zero-order chi connectivity index (χ0) is 23.5. The quantitative estimate of drug-likeness (QED) is 0.556. The summed E-state index contributed by atoms with van der Waals surface area (Å²) in [6, 6.07) is 17.4. The Kier molecular flexibility index (Phi) is 6.99. The minimum atomic E-state index is -3.99. The second-order valence-electron chi connectivity index (χ2n) is 7.96. The number of amides is 1. The van der Waals surface area contributed by atoms with E-state index in [-0.39, 0.29) is 17.3 Å². The zero-order valence-corrected chi connectivity index (χ0v) is 19.4. The summed E-state index contributed by atoms with van der Waals surface area (Å²) in [5.74, 6) is -0.823. The average Bonchev–Trinajstić information content (AvgIpc) is 2.74. The van der Waals surface area contributed by atoms with Gasteiger partial charge in [0.2, 0.25) is 5.91 Å². The monoisotopic (exact) mass is 454 g/mol. The van der Waals surface area contributed by atoms with Crippen LogP contribution in [-0.4, -0.2) is 20.9 Å². The van der Waals surface area contributed by atoms with Crippen LogP contribution in [0.5, 0.6) is 0 Å². The first-order chi connectivity index (χ1) is 15.1. The van der Waals surface area contributed by atoms with Crippen LogP contribution in [0.25, 0.3) is 0 Å². The Labute approximate surface area is 188 Å². The first kappa shape index (κ1) is 23.5. The van der Waals surface area contributed by atoms with E-state index < -0.39 is 22.0 Å². The third-order valence-electron chi connectivity index (χ3n) is 5.28. The van der Waals surface area contributed by atoms with Gasteiger partial charge in [-0.15, -0.1) is 0 Å². The van der Waals surface area contributed by atoms with Crippen molar-refractivity contribution in [3.63, 3.8) is 0 Å². The fourth-order valence-electron chi connectivity index (χ4n) is 3.38. The molecule has 0 heterocycles. The summed E-state index contributed by atoms with van der Waals surface area (Å²) < 4.78 is 41.4. The molecule has 0 saturated heterocycles. The van der Waals surface area contributed by atoms with Crippen LogP contribution in [0, 0.1) is 26.6 Å². The van der Waals surface area contributed by atoms with Crippen LogP contribution in [-0.2, 0) is 14.8 Å². The molecule has 3 aromatic carbocycles. The summed E-state index contributed by atoms with van der Waals surface area (Å²) in [7, 11) is -3.99. The van der Waals surface area contributed by atoms with E-state index in [0.717, 1.165) is 26.6 Å². The molecule has 1 N–H and O–H groups in total. The van der Waals surface area contributed by atoms with Gasteiger partial charge in [-0.2, -0.15) is 0 Å². The lowest BCUT2D eigenvalue weighted by molar-refractivity contribution is -0.120. The molecule has 0 aliphatic rings. The highest BCUT2D eigenvalue weighted by Gasteiger charge is 2.28. The van der Waals surface area contributed by atoms with Gasteiger partial charge in [-0.1, -0.05) is 42.0 Å². The molecule has 5 nitrogen and oxygen atoms in total. The van der Waals surface area contributed by atoms with Crippen LogP contribution in [0.2, 0.25) is 0 Å². The third kappa shape index (κ3) is 5.34. The van der Waals surface area contributed by atoms with E-state index in [1.807, 2.05) is 32.9 Å². The third-order valence-corrected chi connectivity index (χ3v) is 7.05. The summed E-state index contributed by atoms with van der Waals surface area (Å²) >= 11 is 0. The van der Waals surface area contributed by atoms with E-state index in [0.29, 0.717) is 5.69 Å². The number of nitrogens with zero attached hydrogens (tertiary/aromatic N) is 1. The lowest BCUT2D eigenvalue weighted by Crippen LogP contribution is -2.42. The Morgan fingerprint density at radius 2 is 1.53 bits per heavy atom. The van der Waals surface area contributed by atoms with E-state index in [4.69, 9.17) is 0 Å². The molecule has 1 amide bonds. The smallest absolute Gasteiger partial charge is 0.264 e. The van der Waals surface area contributed by atoms with Gasteiger partial charge in [0.15, 0.2) is 0 Å². The van der Waals surface area contributed by atoms with Crippen molar-refractivity contribution < 1.29 is 17.6 Å². The summed E-state index contributed by atoms with van der Waals surface area (Å²) in [6.45, 7) is 6.94. The molecule has 168 valence electrons. The topological polar surface area (TPSA) is 66.5 Å². The molecule has 1 unspecified atom stereocenters. The lowest BCUT2D eigenvalue weighted by Gasteiger charge is -2.27. The van der Waals surface area contributed by atoms with Crippen molar-refractivity contribution in [3.05, 3.63) is 94.8 Å². The van der Waals surface area contributed by atoms with E-state index in [1.54, 1.807) is 49.4 Å². The molecular formula is C25H27FN2O3S. The number of carbonyl (C=O) groups is 1. The van der Waals surface area contributed by atoms with Gasteiger partial charge in [0.25, 0.3) is 10.0 Å². The van der Waals surface area contributed by atoms with Crippen LogP contribution >= 0.6 is 0 Å². The molecule has 7 heteroatoms. The Balaban J connectivity index is 1.94. The number of hydrogen-bond acceptors (Lipinski definition) is 3. The summed E-state index contributed by atoms with van der Waals surface area (Å²) in [5.41, 5.74) is 3.74. The standard InChI is InChI=1S/C25H27FN2O3S/c1-17-6-13-23(14-7-17)32(30,31)28(24-15-18(2)5-8-19(24)3)16-25(29)27-20(4)21-9-11-22(26)12-10-21/h5-15,20H,16H2,1-4H3,(H,27,29). The van der Waals surface area contributed by atoms with E-state index >= 15 is 0 Å². The van der Waals surface area contributed by atoms with E-state index in [1.165, 1.54) is 12.1 Å². The summed E-state index contributed by atoms with van der Waals surface area (Å²) in [5, 5.41) is 2.82. The molecular weight excluding hydrogens is 427 g/mol. The minimum Gasteiger partial charge on any atom is -0.348 e. The molecule has 3 aromatic rings. The largest absolute Gasteiger partial charge is 0.348 e. The predicted octanol–water partition coefficient (Wildman–Crippen LogP) is 4.82. The Hall–Kier alpha value is -3.19. The molecule has 0 saturated carbocycles. The van der Waals surface area contributed by atoms with Crippen molar-refractivity contribution >= 4 is 21.6 Å². The van der Waals surface area contributed by atoms with Gasteiger partial charge in [-0.05, 0) is 74.7 Å². The molecule has 0 radical (unpaired) electrons. The van der Waals surface area contributed by atoms with Crippen molar-refractivity contribution in [3.8, 4) is 0 Å². The Morgan fingerprint density at radius 3 is 2.16 bits per heavy atom. The van der Waals surface area contributed by atoms with Gasteiger partial charge < -0.3 is 5.32 Å². The zero-order valence-electron chi connectivity index (χ0n) is 18.6. The van der Waals surface area contributed by atoms with E-state index in [9.17, 15) is 17.6 Å². The van der Waals surface area contributed by atoms with E-state index in [2.05, 4.69) is 5.32 Å². The van der Waals surface area contributed by atoms with Gasteiger partial charge in [0.05, 0.1) is 16.6 Å². The normalized spacial score (nSPS) is 12.3. The van der Waals surface area contributed by atoms with Crippen molar-refractivity contribution in [2.45, 2.75) is 38.6 Å². The maximum Gasteiger partial charge on any atom is 0.264 e. The number of carbonyl (C=O) groups excluding carboxylic acids is 1. The maximum absolute atomic E-state index is 13.5. The molecule has 0 fully saturated rings. The number of anilines is 1. The minimum absolute atomic E-state index is 0.114. The fraction of sp³-hybridized carbons (Fsp3) is 0.240. The number of nitrogens with one attached hydrogen (secondary N) is 1. The first-order valence-corrected chi connectivity index (χ1v) is 11.7. The molecule has 0 aromatic heterocycles. The van der Waals surface area contributed by atoms with Gasteiger partial charge in [0.1, 0.15) is 12.4 Å². The van der Waals surface area contributed by atoms with Crippen LogP contribution in [0.1, 0.15) is 35.2 Å². The molecule has 0 aliphatic carbocycles. The lowest BCUT2D eigenvalue weighted by atomic mass is 10.1. The number of benzene rings is 3. The van der Waals surface area contributed by atoms with Crippen molar-refractivity contribution in [2.24, 2.45) is 0 Å². The second-order valence-corrected chi connectivity index (χ2v) is 9.82. The maximum atomic E-state index is 13.5. The molecule has 0 bridgehead atoms. The molecule has 0 spiro atoms. The van der Waals surface area contributed by atoms with Gasteiger partial charge in [-0.3, -0.25) is 9.10 Å². The number of halogens is 1. The molecule has 1 atom stereocenters. The first-order valence-electron chi connectivity index (χ1n) is 10.3. The summed E-state index contributed by atoms with van der Waals surface area (Å²) in [4.78, 5) is 13.0. The number of aryl methyl sites for hydroxylation is 3. The molecule has 0 aliphatic heterocycles. The number of sulfonamides is 1. The Bertz CT molecular complexity index is 1210. The van der Waals surface area contributed by atoms with Crippen LogP contribution in [0.4, 0.5) is 10.1 Å². The molecule has 3 rings (SSSR count). The van der Waals surface area contributed by atoms with Crippen molar-refractivity contribution in [1.82, 2.24) is 5.32 Å². The fourth-order valence-corrected chi connectivity index (χ4v) is 4.85. The average molecular weight is 455 g/mol.